The summed E-state index contributed by atoms with van der Waals surface area (Å²) in [4.78, 5) is 92.9. The van der Waals surface area contributed by atoms with Gasteiger partial charge in [0.05, 0.1) is 64.8 Å². The molecule has 56 nitrogen and oxygen atoms in total. The fourth-order valence-electron chi connectivity index (χ4n) is 6.43. The number of hydrogen-bond donors (Lipinski definition) is 40. The maximum atomic E-state index is 12.2. The van der Waals surface area contributed by atoms with E-state index in [1.54, 1.807) is 0 Å². The number of aliphatic carboxylic acids is 2. The standard InChI is InChI=1S/2C18H33BO21.2C6H12O7.Ca/c2*20-1-4(23)7(26)10(29)13(32)16(35)38-19(39-17(36)14(33)11(30)8(27)5(24)2-21)40-18(37)15(34)12(31)9(28)6(25)3-22;2*7-1-2(8)3(9)4(10)5(11)6(12)13;/h2*4-15,20-34H,1-3H2;2*2-5,7-11H,1H2,(H,12,13);/q;;;;+2/p-2/t2*4-,5-,6-,7-,8-,9-,10+,11+,12+,13-,14-,15-;2*2-,3-,4+,5-;/m1111./s1. The number of aliphatic hydroxyl groups excluding tert-OH is 40. The smallest absolute Gasteiger partial charge is 0.547 e. The van der Waals surface area contributed by atoms with Crippen molar-refractivity contribution >= 4 is 100 Å². The Morgan fingerprint density at radius 3 is 0.374 bits per heavy atom. The minimum Gasteiger partial charge on any atom is -0.547 e. The summed E-state index contributed by atoms with van der Waals surface area (Å²) in [5.74, 6) is -16.6. The number of carbonyl (C=O) groups excluding carboxylic acids is 8. The maximum absolute atomic E-state index is 12.2. The quantitative estimate of drug-likeness (QED) is 0.0252. The van der Waals surface area contributed by atoms with Crippen LogP contribution in [0.2, 0.25) is 0 Å². The SMILES string of the molecule is O=C(OB(OC(=O)[C@H](O)[C@@H](O)[C@H](O)[C@H](O)CO)OC(=O)[C@H](O)[C@@H](O)[C@H](O)[C@H](O)CO)[C@H](O)[C@@H](O)[C@H](O)[C@H](O)CO.O=C(OB(OC(=O)[C@H](O)[C@@H](O)[C@H](O)[C@H](O)CO)OC(=O)[C@H](O)[C@@H](O)[C@H](O)[C@H](O)CO)[C@H](O)[C@@H](O)[C@H](O)[C@H](O)CO.O=C([O-])[C@H](O)[C@@H](O)[C@H](O)[C@H](O)CO.O=C([O-])[C@H](O)[C@@H](O)[C@H](O)[C@H](O)CO.[Ca+2]. The van der Waals surface area contributed by atoms with Crippen molar-refractivity contribution in [2.75, 3.05) is 52.9 Å². The van der Waals surface area contributed by atoms with E-state index in [4.69, 9.17) is 81.7 Å². The second kappa shape index (κ2) is 55.9. The Kier molecular flexibility index (Phi) is 58.0. The molecule has 107 heavy (non-hydrogen) atoms. The molecule has 0 amide bonds. The van der Waals surface area contributed by atoms with E-state index >= 15 is 0 Å². The molecule has 32 atom stereocenters. The van der Waals surface area contributed by atoms with Crippen LogP contribution in [0.3, 0.4) is 0 Å². The number of carboxylic acids is 2. The van der Waals surface area contributed by atoms with Crippen molar-refractivity contribution in [3.63, 3.8) is 0 Å². The van der Waals surface area contributed by atoms with Crippen molar-refractivity contribution in [3.05, 3.63) is 0 Å². The van der Waals surface area contributed by atoms with E-state index in [9.17, 15) is 171 Å². The monoisotopic (exact) mass is 1620 g/mol. The third-order valence-corrected chi connectivity index (χ3v) is 13.2. The number of aliphatic hydroxyl groups is 40. The normalized spacial score (nSPS) is 20.5. The van der Waals surface area contributed by atoms with Crippen LogP contribution in [0.25, 0.3) is 0 Å². The minimum absolute atomic E-state index is 0. The zero-order valence-electron chi connectivity index (χ0n) is 54.4. The average Bonchev–Trinajstić information content (AvgIpc) is 0.853. The van der Waals surface area contributed by atoms with Gasteiger partial charge in [-0.25, -0.2) is 0 Å². The number of rotatable bonds is 46. The topological polar surface area (TPSA) is 1050 Å². The molecule has 0 aromatic rings. The van der Waals surface area contributed by atoms with Crippen LogP contribution in [-0.2, 0) is 66.3 Å². The number of carbonyl (C=O) groups is 8. The van der Waals surface area contributed by atoms with Gasteiger partial charge in [0.1, 0.15) is 159 Å². The van der Waals surface area contributed by atoms with Gasteiger partial charge in [0.25, 0.3) is 0 Å². The first-order valence-electron chi connectivity index (χ1n) is 29.0. The van der Waals surface area contributed by atoms with E-state index in [-0.39, 0.29) is 37.7 Å². The average molecular weight is 1620 g/mol. The van der Waals surface area contributed by atoms with E-state index in [1.165, 1.54) is 0 Å². The van der Waals surface area contributed by atoms with Gasteiger partial charge in [-0.1, -0.05) is 0 Å². The first kappa shape index (κ1) is 111. The van der Waals surface area contributed by atoms with E-state index in [1.807, 2.05) is 0 Å². The maximum Gasteiger partial charge on any atom is 2.00 e. The van der Waals surface area contributed by atoms with E-state index < -0.39 is 311 Å². The molecule has 0 aromatic heterocycles. The molecule has 0 radical (unpaired) electrons. The predicted molar refractivity (Wildman–Crippen MR) is 313 cm³/mol. The molecule has 0 rings (SSSR count). The van der Waals surface area contributed by atoms with Crippen molar-refractivity contribution in [1.29, 1.82) is 0 Å². The van der Waals surface area contributed by atoms with Gasteiger partial charge < -0.3 is 252 Å². The number of hydrogen-bond acceptors (Lipinski definition) is 56. The van der Waals surface area contributed by atoms with Crippen LogP contribution in [0.1, 0.15) is 0 Å². The van der Waals surface area contributed by atoms with Gasteiger partial charge >= 0.3 is 88.2 Å². The molecule has 624 valence electrons. The fraction of sp³-hybridized carbons (Fsp3) is 0.833. The third-order valence-electron chi connectivity index (χ3n) is 13.2. The largest absolute Gasteiger partial charge is 2.00 e. The van der Waals surface area contributed by atoms with Crippen LogP contribution in [0.15, 0.2) is 0 Å². The summed E-state index contributed by atoms with van der Waals surface area (Å²) in [6.07, 6.45) is -75.7. The second-order valence-corrected chi connectivity index (χ2v) is 21.2. The predicted octanol–water partition coefficient (Wildman–Crippen LogP) is -32.2. The molecule has 40 N–H and O–H groups in total. The van der Waals surface area contributed by atoms with Crippen LogP contribution in [-0.4, -0.2) is 553 Å². The fourth-order valence-corrected chi connectivity index (χ4v) is 6.43. The summed E-state index contributed by atoms with van der Waals surface area (Å²) < 4.78 is 25.7. The zero-order chi connectivity index (χ0) is 84.1. The first-order valence-corrected chi connectivity index (χ1v) is 29.0. The van der Waals surface area contributed by atoms with Gasteiger partial charge in [0.15, 0.2) is 36.6 Å². The Balaban J connectivity index is -0.000000483. The van der Waals surface area contributed by atoms with Crippen molar-refractivity contribution in [2.45, 2.75) is 195 Å². The Morgan fingerprint density at radius 1 is 0.196 bits per heavy atom. The van der Waals surface area contributed by atoms with Gasteiger partial charge in [0, 0.05) is 0 Å². The third kappa shape index (κ3) is 37.6. The summed E-state index contributed by atoms with van der Waals surface area (Å²) in [6.45, 7) is -8.69. The molecular weight excluding hydrogens is 1530 g/mol. The molecule has 0 aliphatic rings. The van der Waals surface area contributed by atoms with E-state index in [2.05, 4.69) is 27.9 Å². The van der Waals surface area contributed by atoms with Gasteiger partial charge in [0.2, 0.25) is 0 Å². The molecule has 0 bridgehead atoms. The summed E-state index contributed by atoms with van der Waals surface area (Å²) in [5, 5.41) is 390. The molecule has 0 spiro atoms. The van der Waals surface area contributed by atoms with Gasteiger partial charge in [-0.05, 0) is 0 Å². The molecule has 0 saturated heterocycles. The van der Waals surface area contributed by atoms with Crippen molar-refractivity contribution in [1.82, 2.24) is 0 Å². The molecule has 0 aromatic carbocycles. The van der Waals surface area contributed by atoms with Crippen LogP contribution < -0.4 is 10.2 Å². The Hall–Kier alpha value is -4.45. The minimum atomic E-state index is -3.10. The summed E-state index contributed by atoms with van der Waals surface area (Å²) in [5.41, 5.74) is 0. The van der Waals surface area contributed by atoms with Crippen LogP contribution in [0.5, 0.6) is 0 Å². The Bertz CT molecular complexity index is 2140. The first-order chi connectivity index (χ1) is 48.7. The van der Waals surface area contributed by atoms with Crippen LogP contribution in [0.4, 0.5) is 0 Å². The van der Waals surface area contributed by atoms with Gasteiger partial charge in [-0.15, -0.1) is 0 Å². The molecule has 0 unspecified atom stereocenters. The van der Waals surface area contributed by atoms with Gasteiger partial charge in [-0.2, -0.15) is 0 Å². The second-order valence-electron chi connectivity index (χ2n) is 21.2. The molecular formula is C48H88B2CaO56. The van der Waals surface area contributed by atoms with E-state index in [0.29, 0.717) is 0 Å². The summed E-state index contributed by atoms with van der Waals surface area (Å²) in [6, 6.07) is 0. The van der Waals surface area contributed by atoms with Crippen molar-refractivity contribution < 1.29 is 281 Å². The van der Waals surface area contributed by atoms with Crippen molar-refractivity contribution in [3.8, 4) is 0 Å². The van der Waals surface area contributed by atoms with Crippen molar-refractivity contribution in [2.24, 2.45) is 0 Å². The Labute approximate surface area is 626 Å². The summed E-state index contributed by atoms with van der Waals surface area (Å²) in [7, 11) is -6.20. The molecule has 59 heteroatoms. The molecule has 0 aliphatic heterocycles. The molecule has 0 saturated carbocycles. The Morgan fingerprint density at radius 2 is 0.290 bits per heavy atom. The number of carboxylic acid groups (broad SMARTS) is 2. The van der Waals surface area contributed by atoms with E-state index in [0.717, 1.165) is 0 Å². The molecule has 0 aliphatic carbocycles. The molecule has 0 fully saturated rings. The van der Waals surface area contributed by atoms with Crippen LogP contribution >= 0.6 is 0 Å². The zero-order valence-corrected chi connectivity index (χ0v) is 56.6. The molecule has 0 heterocycles. The van der Waals surface area contributed by atoms with Gasteiger partial charge in [-0.3, -0.25) is 28.8 Å². The van der Waals surface area contributed by atoms with Crippen LogP contribution in [0, 0.1) is 0 Å². The summed E-state index contributed by atoms with van der Waals surface area (Å²) >= 11 is 0.